The van der Waals surface area contributed by atoms with Gasteiger partial charge in [0, 0.05) is 0 Å². The van der Waals surface area contributed by atoms with E-state index in [1.54, 1.807) is 0 Å². The average molecular weight is 252 g/mol. The second-order valence-corrected chi connectivity index (χ2v) is 5.28. The zero-order valence-electron chi connectivity index (χ0n) is 12.1. The molecule has 0 saturated heterocycles. The van der Waals surface area contributed by atoms with Gasteiger partial charge in [-0.15, -0.1) is 6.58 Å². The van der Waals surface area contributed by atoms with E-state index in [-0.39, 0.29) is 11.3 Å². The molecule has 0 heterocycles. The molecule has 0 bridgehead atoms. The molecule has 0 fully saturated rings. The zero-order valence-corrected chi connectivity index (χ0v) is 12.1. The van der Waals surface area contributed by atoms with Gasteiger partial charge in [-0.2, -0.15) is 0 Å². The van der Waals surface area contributed by atoms with Gasteiger partial charge in [0.15, 0.2) is 0 Å². The molecule has 0 saturated carbocycles. The minimum atomic E-state index is -0.663. The van der Waals surface area contributed by atoms with Gasteiger partial charge in [-0.05, 0) is 43.9 Å². The van der Waals surface area contributed by atoms with Gasteiger partial charge in [0.1, 0.15) is 0 Å². The molecule has 2 atom stereocenters. The third-order valence-corrected chi connectivity index (χ3v) is 3.59. The molecule has 18 heavy (non-hydrogen) atoms. The van der Waals surface area contributed by atoms with E-state index in [2.05, 4.69) is 39.5 Å². The number of carboxylic acid groups (broad SMARTS) is 1. The van der Waals surface area contributed by atoms with Crippen molar-refractivity contribution in [2.45, 2.75) is 59.3 Å². The highest BCUT2D eigenvalue weighted by atomic mass is 16.4. The normalized spacial score (nSPS) is 16.4. The van der Waals surface area contributed by atoms with Gasteiger partial charge in [-0.1, -0.05) is 39.0 Å². The number of aliphatic carboxylic acids is 1. The van der Waals surface area contributed by atoms with Crippen molar-refractivity contribution in [3.05, 3.63) is 24.8 Å². The molecule has 2 heteroatoms. The van der Waals surface area contributed by atoms with Gasteiger partial charge in [-0.3, -0.25) is 4.79 Å². The lowest BCUT2D eigenvalue weighted by Crippen LogP contribution is -2.23. The van der Waals surface area contributed by atoms with Crippen molar-refractivity contribution in [2.75, 3.05) is 0 Å². The number of hydrogen-bond acceptors (Lipinski definition) is 1. The smallest absolute Gasteiger partial charge is 0.306 e. The van der Waals surface area contributed by atoms with E-state index in [4.69, 9.17) is 0 Å². The highest BCUT2D eigenvalue weighted by Gasteiger charge is 2.27. The topological polar surface area (TPSA) is 37.3 Å². The van der Waals surface area contributed by atoms with Crippen molar-refractivity contribution in [2.24, 2.45) is 11.3 Å². The lowest BCUT2D eigenvalue weighted by atomic mass is 9.77. The van der Waals surface area contributed by atoms with E-state index in [0.29, 0.717) is 0 Å². The minimum absolute atomic E-state index is 0.00719. The molecular formula is C16H28O2. The minimum Gasteiger partial charge on any atom is -0.481 e. The van der Waals surface area contributed by atoms with E-state index >= 15 is 0 Å². The molecule has 0 aliphatic rings. The summed E-state index contributed by atoms with van der Waals surface area (Å²) < 4.78 is 0. The van der Waals surface area contributed by atoms with Gasteiger partial charge in [0.25, 0.3) is 0 Å². The Kier molecular flexibility index (Phi) is 8.43. The van der Waals surface area contributed by atoms with E-state index in [9.17, 15) is 9.90 Å². The second-order valence-electron chi connectivity index (χ2n) is 5.28. The molecule has 0 amide bonds. The summed E-state index contributed by atoms with van der Waals surface area (Å²) in [6.07, 6.45) is 11.5. The molecule has 2 nitrogen and oxygen atoms in total. The fourth-order valence-electron chi connectivity index (χ4n) is 2.12. The highest BCUT2D eigenvalue weighted by Crippen LogP contribution is 2.33. The highest BCUT2D eigenvalue weighted by molar-refractivity contribution is 5.70. The summed E-state index contributed by atoms with van der Waals surface area (Å²) in [6, 6.07) is 0. The number of unbranched alkanes of at least 4 members (excludes halogenated alkanes) is 1. The third-order valence-electron chi connectivity index (χ3n) is 3.59. The summed E-state index contributed by atoms with van der Waals surface area (Å²) >= 11 is 0. The SMILES string of the molecule is C=CCCCC(CC(C)(C=CCC)CC)C(=O)O. The van der Waals surface area contributed by atoms with Crippen molar-refractivity contribution in [1.82, 2.24) is 0 Å². The average Bonchev–Trinajstić information content (AvgIpc) is 2.35. The Balaban J connectivity index is 4.56. The monoisotopic (exact) mass is 252 g/mol. The van der Waals surface area contributed by atoms with Gasteiger partial charge in [0.2, 0.25) is 0 Å². The second kappa shape index (κ2) is 8.96. The lowest BCUT2D eigenvalue weighted by molar-refractivity contribution is -0.143. The van der Waals surface area contributed by atoms with Crippen molar-refractivity contribution in [3.8, 4) is 0 Å². The number of allylic oxidation sites excluding steroid dienone is 3. The molecule has 0 spiro atoms. The maximum Gasteiger partial charge on any atom is 0.306 e. The molecule has 1 N–H and O–H groups in total. The van der Waals surface area contributed by atoms with E-state index < -0.39 is 5.97 Å². The van der Waals surface area contributed by atoms with Crippen LogP contribution in [0, 0.1) is 11.3 Å². The van der Waals surface area contributed by atoms with Crippen LogP contribution in [-0.4, -0.2) is 11.1 Å². The lowest BCUT2D eigenvalue weighted by Gasteiger charge is -2.28. The van der Waals surface area contributed by atoms with Crippen LogP contribution in [0.25, 0.3) is 0 Å². The van der Waals surface area contributed by atoms with Crippen molar-refractivity contribution < 1.29 is 9.90 Å². The molecule has 0 aromatic rings. The standard InChI is InChI=1S/C16H28O2/c1-5-8-10-11-14(15(17)18)13-16(4,7-3)12-9-6-2/h5,9,12,14H,1,6-8,10-11,13H2,2-4H3,(H,17,18). The first kappa shape index (κ1) is 16.9. The van der Waals surface area contributed by atoms with Crippen LogP contribution in [0.5, 0.6) is 0 Å². The zero-order chi connectivity index (χ0) is 14.0. The van der Waals surface area contributed by atoms with Crippen molar-refractivity contribution >= 4 is 5.97 Å². The van der Waals surface area contributed by atoms with Gasteiger partial charge in [0.05, 0.1) is 5.92 Å². The van der Waals surface area contributed by atoms with Crippen LogP contribution in [0.4, 0.5) is 0 Å². The van der Waals surface area contributed by atoms with E-state index in [0.717, 1.165) is 38.5 Å². The molecule has 0 aliphatic heterocycles. The predicted octanol–water partition coefficient (Wildman–Crippen LogP) is 4.82. The molecular weight excluding hydrogens is 224 g/mol. The predicted molar refractivity (Wildman–Crippen MR) is 77.6 cm³/mol. The Morgan fingerprint density at radius 1 is 1.44 bits per heavy atom. The van der Waals surface area contributed by atoms with E-state index in [1.165, 1.54) is 0 Å². The quantitative estimate of drug-likeness (QED) is 0.447. The number of hydrogen-bond donors (Lipinski definition) is 1. The van der Waals surface area contributed by atoms with Gasteiger partial charge >= 0.3 is 5.97 Å². The summed E-state index contributed by atoms with van der Waals surface area (Å²) in [5.41, 5.74) is 0.00719. The third kappa shape index (κ3) is 6.63. The summed E-state index contributed by atoms with van der Waals surface area (Å²) in [5.74, 6) is -0.903. The molecule has 0 aliphatic carbocycles. The largest absolute Gasteiger partial charge is 0.481 e. The molecule has 0 rings (SSSR count). The Bertz CT molecular complexity index is 281. The Morgan fingerprint density at radius 3 is 2.56 bits per heavy atom. The van der Waals surface area contributed by atoms with Crippen molar-refractivity contribution in [3.63, 3.8) is 0 Å². The maximum atomic E-state index is 11.3. The first-order valence-corrected chi connectivity index (χ1v) is 7.00. The Labute approximate surface area is 112 Å². The molecule has 0 aromatic carbocycles. The molecule has 0 aromatic heterocycles. The Morgan fingerprint density at radius 2 is 2.11 bits per heavy atom. The van der Waals surface area contributed by atoms with Crippen LogP contribution in [0.15, 0.2) is 24.8 Å². The molecule has 104 valence electrons. The van der Waals surface area contributed by atoms with Gasteiger partial charge in [-0.25, -0.2) is 0 Å². The number of carboxylic acids is 1. The van der Waals surface area contributed by atoms with E-state index in [1.807, 2.05) is 6.08 Å². The van der Waals surface area contributed by atoms with Crippen LogP contribution in [0.2, 0.25) is 0 Å². The van der Waals surface area contributed by atoms with Crippen LogP contribution >= 0.6 is 0 Å². The van der Waals surface area contributed by atoms with Crippen LogP contribution in [-0.2, 0) is 4.79 Å². The first-order chi connectivity index (χ1) is 8.49. The number of carbonyl (C=O) groups is 1. The fraction of sp³-hybridized carbons (Fsp3) is 0.688. The fourth-order valence-corrected chi connectivity index (χ4v) is 2.12. The van der Waals surface area contributed by atoms with Crippen LogP contribution < -0.4 is 0 Å². The molecule has 2 unspecified atom stereocenters. The van der Waals surface area contributed by atoms with Gasteiger partial charge < -0.3 is 5.11 Å². The summed E-state index contributed by atoms with van der Waals surface area (Å²) in [5, 5.41) is 9.31. The first-order valence-electron chi connectivity index (χ1n) is 7.00. The molecule has 0 radical (unpaired) electrons. The Hall–Kier alpha value is -1.05. The summed E-state index contributed by atoms with van der Waals surface area (Å²) in [7, 11) is 0. The summed E-state index contributed by atoms with van der Waals surface area (Å²) in [4.78, 5) is 11.3. The van der Waals surface area contributed by atoms with Crippen molar-refractivity contribution in [1.29, 1.82) is 0 Å². The number of rotatable bonds is 10. The van der Waals surface area contributed by atoms with Crippen LogP contribution in [0.3, 0.4) is 0 Å². The van der Waals surface area contributed by atoms with Crippen LogP contribution in [0.1, 0.15) is 59.3 Å². The summed E-state index contributed by atoms with van der Waals surface area (Å²) in [6.45, 7) is 10.1. The maximum absolute atomic E-state index is 11.3.